The predicted octanol–water partition coefficient (Wildman–Crippen LogP) is 11.3. The van der Waals surface area contributed by atoms with Crippen molar-refractivity contribution in [2.45, 2.75) is 77.3 Å². The van der Waals surface area contributed by atoms with E-state index in [1.54, 1.807) is 23.2 Å². The number of allylic oxidation sites excluding steroid dienone is 4. The van der Waals surface area contributed by atoms with Crippen molar-refractivity contribution in [3.05, 3.63) is 150 Å². The Morgan fingerprint density at radius 1 is 0.659 bits per heavy atom. The first-order chi connectivity index (χ1) is 21.2. The molecule has 1 heteroatoms. The summed E-state index contributed by atoms with van der Waals surface area (Å²) in [5, 5.41) is 0. The third-order valence-corrected chi connectivity index (χ3v) is 19.8. The summed E-state index contributed by atoms with van der Waals surface area (Å²) >= 11 is -2.79. The Balaban J connectivity index is 1.58. The molecule has 4 aromatic carbocycles. The molecule has 3 aliphatic carbocycles. The number of rotatable bonds is 5. The fourth-order valence-corrected chi connectivity index (χ4v) is 17.7. The molecule has 0 nitrogen and oxygen atoms in total. The molecule has 4 aromatic rings. The zero-order valence-corrected chi connectivity index (χ0v) is 29.9. The first kappa shape index (κ1) is 29.8. The Kier molecular flexibility index (Phi) is 7.99. The molecule has 1 unspecified atom stereocenters. The number of fused-ring (bicyclic) bond motifs is 3. The average Bonchev–Trinajstić information content (AvgIpc) is 3.55. The summed E-state index contributed by atoms with van der Waals surface area (Å²) in [5.74, 6) is 0.478. The van der Waals surface area contributed by atoms with Gasteiger partial charge in [0.15, 0.2) is 0 Å². The van der Waals surface area contributed by atoms with Crippen LogP contribution in [-0.2, 0) is 21.3 Å². The third-order valence-electron chi connectivity index (χ3n) is 11.1. The van der Waals surface area contributed by atoms with Crippen LogP contribution in [0.25, 0.3) is 11.1 Å². The average molecular weight is 654 g/mol. The Hall–Kier alpha value is -2.89. The van der Waals surface area contributed by atoms with E-state index in [2.05, 4.69) is 139 Å². The molecule has 0 saturated heterocycles. The van der Waals surface area contributed by atoms with E-state index in [4.69, 9.17) is 0 Å². The molecule has 3 aliphatic rings. The van der Waals surface area contributed by atoms with Crippen LogP contribution >= 0.6 is 0 Å². The van der Waals surface area contributed by atoms with Crippen LogP contribution in [0, 0.1) is 39.0 Å². The second-order valence-electron chi connectivity index (χ2n) is 14.1. The number of benzene rings is 4. The summed E-state index contributed by atoms with van der Waals surface area (Å²) in [7, 11) is 0. The molecule has 0 radical (unpaired) electrons. The molecule has 0 aromatic heterocycles. The molecule has 1 atom stereocenters. The van der Waals surface area contributed by atoms with Crippen LogP contribution < -0.4 is 0 Å². The van der Waals surface area contributed by atoms with Crippen molar-refractivity contribution in [1.29, 1.82) is 0 Å². The van der Waals surface area contributed by atoms with Crippen molar-refractivity contribution in [2.75, 3.05) is 0 Å². The van der Waals surface area contributed by atoms with Crippen LogP contribution in [-0.4, -0.2) is 3.21 Å². The fourth-order valence-electron chi connectivity index (χ4n) is 8.27. The van der Waals surface area contributed by atoms with Crippen molar-refractivity contribution in [3.8, 4) is 11.1 Å². The van der Waals surface area contributed by atoms with Gasteiger partial charge >= 0.3 is 275 Å². The van der Waals surface area contributed by atoms with Gasteiger partial charge in [-0.3, -0.25) is 0 Å². The Morgan fingerprint density at radius 2 is 1.14 bits per heavy atom. The van der Waals surface area contributed by atoms with Gasteiger partial charge in [-0.25, -0.2) is 0 Å². The molecule has 0 bridgehead atoms. The zero-order chi connectivity index (χ0) is 30.6. The molecule has 222 valence electrons. The van der Waals surface area contributed by atoms with Gasteiger partial charge in [0.2, 0.25) is 0 Å². The van der Waals surface area contributed by atoms with E-state index >= 15 is 0 Å². The van der Waals surface area contributed by atoms with Crippen LogP contribution in [0.5, 0.6) is 0 Å². The van der Waals surface area contributed by atoms with Gasteiger partial charge < -0.3 is 0 Å². The molecular weight excluding hydrogens is 608 g/mol. The minimum atomic E-state index is -2.79. The summed E-state index contributed by atoms with van der Waals surface area (Å²) in [6.45, 7) is 14.3. The maximum absolute atomic E-state index is 2.79. The molecule has 0 amide bonds. The van der Waals surface area contributed by atoms with Gasteiger partial charge in [-0.1, -0.05) is 0 Å². The van der Waals surface area contributed by atoms with E-state index in [9.17, 15) is 0 Å². The van der Waals surface area contributed by atoms with Gasteiger partial charge in [0.25, 0.3) is 0 Å². The Morgan fingerprint density at radius 3 is 1.64 bits per heavy atom. The van der Waals surface area contributed by atoms with Crippen molar-refractivity contribution < 1.29 is 21.3 Å². The molecule has 7 rings (SSSR count). The number of hydrogen-bond donors (Lipinski definition) is 0. The van der Waals surface area contributed by atoms with Crippen molar-refractivity contribution in [1.82, 2.24) is 0 Å². The van der Waals surface area contributed by atoms with Crippen molar-refractivity contribution in [2.24, 2.45) is 11.3 Å². The van der Waals surface area contributed by atoms with Gasteiger partial charge in [-0.05, 0) is 0 Å². The molecular formula is C43H46Zr. The molecule has 0 heterocycles. The SMILES string of the molecule is Cc1cc2c(cc1C)[CH]([Zr]([C]1=CC(C3(C)CCCCC3)=CC1C)=[C](c1ccccc1)c1ccccc1)c1cc(C)c(C)cc1-2. The maximum atomic E-state index is 2.76. The van der Waals surface area contributed by atoms with E-state index in [1.807, 2.05) is 0 Å². The monoisotopic (exact) mass is 652 g/mol. The van der Waals surface area contributed by atoms with Crippen molar-refractivity contribution in [3.63, 3.8) is 0 Å². The van der Waals surface area contributed by atoms with Gasteiger partial charge in [0.1, 0.15) is 0 Å². The van der Waals surface area contributed by atoms with Gasteiger partial charge in [0.05, 0.1) is 0 Å². The molecule has 0 N–H and O–H groups in total. The summed E-state index contributed by atoms with van der Waals surface area (Å²) < 4.78 is 3.87. The summed E-state index contributed by atoms with van der Waals surface area (Å²) in [6.07, 6.45) is 12.2. The van der Waals surface area contributed by atoms with Crippen LogP contribution in [0.3, 0.4) is 0 Å². The van der Waals surface area contributed by atoms with Crippen molar-refractivity contribution >= 4 is 3.21 Å². The topological polar surface area (TPSA) is 0 Å². The first-order valence-corrected chi connectivity index (χ1v) is 20.6. The van der Waals surface area contributed by atoms with E-state index in [0.29, 0.717) is 15.0 Å². The fraction of sp³-hybridized carbons (Fsp3) is 0.326. The van der Waals surface area contributed by atoms with Gasteiger partial charge in [-0.2, -0.15) is 0 Å². The molecule has 1 fully saturated rings. The van der Waals surface area contributed by atoms with E-state index in [0.717, 1.165) is 0 Å². The zero-order valence-electron chi connectivity index (χ0n) is 27.4. The number of hydrogen-bond acceptors (Lipinski definition) is 0. The van der Waals surface area contributed by atoms with Crippen LogP contribution in [0.2, 0.25) is 0 Å². The Bertz CT molecular complexity index is 1730. The standard InChI is InChI=1S/C17H17.C13H19.C13H10.Zr/c1-10-5-14-9-15-6-11(2)13(4)8-17(15)16(14)7-12(10)3;1-11-6-7-12(10-11)13(2)8-4-3-5-9-13;1-3-7-12(8-4-1)11-13-9-5-2-6-10-13;/h5-9H,1-4H3;7,10-11H,3-5,8-9H2,1-2H3;1-10H;. The Labute approximate surface area is 273 Å². The van der Waals surface area contributed by atoms with Gasteiger partial charge in [0, 0.05) is 0 Å². The van der Waals surface area contributed by atoms with Gasteiger partial charge in [-0.15, -0.1) is 0 Å². The van der Waals surface area contributed by atoms with E-state index in [-0.39, 0.29) is 0 Å². The van der Waals surface area contributed by atoms with Crippen LogP contribution in [0.1, 0.15) is 94.1 Å². The quantitative estimate of drug-likeness (QED) is 0.201. The summed E-state index contributed by atoms with van der Waals surface area (Å²) in [4.78, 5) is 0. The number of aryl methyl sites for hydroxylation is 4. The third kappa shape index (κ3) is 5.14. The molecule has 0 spiro atoms. The van der Waals surface area contributed by atoms with Crippen LogP contribution in [0.15, 0.2) is 106 Å². The summed E-state index contributed by atoms with van der Waals surface area (Å²) in [5.41, 5.74) is 16.5. The van der Waals surface area contributed by atoms with E-state index < -0.39 is 21.3 Å². The van der Waals surface area contributed by atoms with E-state index in [1.165, 1.54) is 76.6 Å². The normalized spacial score (nSPS) is 18.8. The predicted molar refractivity (Wildman–Crippen MR) is 185 cm³/mol. The molecule has 44 heavy (non-hydrogen) atoms. The first-order valence-electron chi connectivity index (χ1n) is 16.8. The minimum absolute atomic E-state index is 0.315. The second-order valence-corrected chi connectivity index (χ2v) is 20.2. The summed E-state index contributed by atoms with van der Waals surface area (Å²) in [6, 6.07) is 33.0. The molecule has 0 aliphatic heterocycles. The second kappa shape index (κ2) is 11.8. The van der Waals surface area contributed by atoms with Crippen LogP contribution in [0.4, 0.5) is 0 Å². The molecule has 1 saturated carbocycles.